The summed E-state index contributed by atoms with van der Waals surface area (Å²) in [7, 11) is 0. The van der Waals surface area contributed by atoms with Crippen molar-refractivity contribution in [3.63, 3.8) is 0 Å². The first-order chi connectivity index (χ1) is 17.6. The van der Waals surface area contributed by atoms with Gasteiger partial charge >= 0.3 is 5.97 Å². The van der Waals surface area contributed by atoms with Gasteiger partial charge in [0.15, 0.2) is 6.61 Å². The van der Waals surface area contributed by atoms with Gasteiger partial charge in [0.2, 0.25) is 0 Å². The molecule has 1 saturated carbocycles. The second-order valence-corrected chi connectivity index (χ2v) is 10.1. The number of benzene rings is 1. The van der Waals surface area contributed by atoms with E-state index in [0.29, 0.717) is 10.8 Å². The van der Waals surface area contributed by atoms with E-state index in [-0.39, 0.29) is 10.8 Å². The average molecular weight is 521 g/mol. The largest absolute Gasteiger partial charge is 0.467 e. The van der Waals surface area contributed by atoms with Gasteiger partial charge in [-0.05, 0) is 61.2 Å². The Hall–Kier alpha value is -3.62. The Morgan fingerprint density at radius 3 is 2.75 bits per heavy atom. The molecule has 0 bridgehead atoms. The van der Waals surface area contributed by atoms with Crippen LogP contribution >= 0.6 is 22.9 Å². The zero-order valence-corrected chi connectivity index (χ0v) is 20.6. The molecule has 4 aromatic rings. The Morgan fingerprint density at radius 2 is 1.97 bits per heavy atom. The maximum atomic E-state index is 13.3. The normalized spacial score (nSPS) is 20.5. The molecular weight excluding hydrogens is 500 g/mol. The fourth-order valence-corrected chi connectivity index (χ4v) is 6.30. The van der Waals surface area contributed by atoms with Crippen LogP contribution in [0.4, 0.5) is 0 Å². The van der Waals surface area contributed by atoms with Gasteiger partial charge in [0.1, 0.15) is 22.4 Å². The minimum Gasteiger partial charge on any atom is -0.467 e. The molecule has 2 unspecified atom stereocenters. The van der Waals surface area contributed by atoms with Gasteiger partial charge in [-0.25, -0.2) is 9.80 Å². The van der Waals surface area contributed by atoms with Crippen LogP contribution in [0.1, 0.15) is 46.5 Å². The minimum absolute atomic E-state index is 0.0252. The molecule has 4 heterocycles. The molecule has 3 aromatic heterocycles. The fourth-order valence-electron chi connectivity index (χ4n) is 4.89. The van der Waals surface area contributed by atoms with E-state index in [1.54, 1.807) is 18.6 Å². The Kier molecular flexibility index (Phi) is 5.99. The number of esters is 1. The molecule has 9 heteroatoms. The van der Waals surface area contributed by atoms with E-state index in [9.17, 15) is 9.59 Å². The SMILES string of the molecule is O=C(OCC(=O)N1N=C2C(=Cc3ccco3)CCCC2C1c1ccco1)c1sc2ccccc2c1Cl. The van der Waals surface area contributed by atoms with E-state index >= 15 is 0 Å². The molecule has 7 nitrogen and oxygen atoms in total. The summed E-state index contributed by atoms with van der Waals surface area (Å²) in [6.07, 6.45) is 7.84. The molecule has 1 aromatic carbocycles. The Bertz CT molecular complexity index is 1490. The standard InChI is InChI=1S/C27H21ClN2O5S/c28-23-18-8-1-2-11-21(18)36-26(23)27(32)35-15-22(31)30-25(20-10-5-13-34-20)19-9-3-6-16(24(19)29-30)14-17-7-4-12-33-17/h1-2,4-5,7-8,10-14,19,25H,3,6,9,15H2. The number of furan rings is 2. The minimum atomic E-state index is -0.633. The number of allylic oxidation sites excluding steroid dienone is 1. The van der Waals surface area contributed by atoms with Crippen LogP contribution in [0.3, 0.4) is 0 Å². The molecule has 1 fully saturated rings. The lowest BCUT2D eigenvalue weighted by Gasteiger charge is -2.27. The van der Waals surface area contributed by atoms with Crippen LogP contribution in [0.2, 0.25) is 5.02 Å². The number of carbonyl (C=O) groups excluding carboxylic acids is 2. The molecule has 6 rings (SSSR count). The molecule has 0 saturated heterocycles. The van der Waals surface area contributed by atoms with Crippen molar-refractivity contribution in [1.29, 1.82) is 0 Å². The summed E-state index contributed by atoms with van der Waals surface area (Å²) in [4.78, 5) is 26.4. The van der Waals surface area contributed by atoms with Crippen LogP contribution in [0, 0.1) is 5.92 Å². The van der Waals surface area contributed by atoms with Crippen LogP contribution in [0.25, 0.3) is 16.2 Å². The zero-order valence-electron chi connectivity index (χ0n) is 19.1. The van der Waals surface area contributed by atoms with Gasteiger partial charge in [-0.2, -0.15) is 5.10 Å². The van der Waals surface area contributed by atoms with Crippen molar-refractivity contribution in [2.45, 2.75) is 25.3 Å². The van der Waals surface area contributed by atoms with Crippen molar-refractivity contribution in [2.75, 3.05) is 6.61 Å². The van der Waals surface area contributed by atoms with E-state index in [1.807, 2.05) is 48.5 Å². The van der Waals surface area contributed by atoms with E-state index < -0.39 is 24.5 Å². The van der Waals surface area contributed by atoms with Crippen molar-refractivity contribution in [1.82, 2.24) is 5.01 Å². The van der Waals surface area contributed by atoms with E-state index in [1.165, 1.54) is 16.3 Å². The summed E-state index contributed by atoms with van der Waals surface area (Å²) in [6.45, 7) is -0.457. The lowest BCUT2D eigenvalue weighted by Crippen LogP contribution is -2.34. The highest BCUT2D eigenvalue weighted by molar-refractivity contribution is 7.21. The lowest BCUT2D eigenvalue weighted by molar-refractivity contribution is -0.137. The molecular formula is C27H21ClN2O5S. The number of amides is 1. The van der Waals surface area contributed by atoms with Crippen molar-refractivity contribution < 1.29 is 23.2 Å². The lowest BCUT2D eigenvalue weighted by atomic mass is 9.79. The number of thiophene rings is 1. The number of halogens is 1. The van der Waals surface area contributed by atoms with Gasteiger partial charge in [0, 0.05) is 16.0 Å². The summed E-state index contributed by atoms with van der Waals surface area (Å²) in [6, 6.07) is 14.4. The Balaban J connectivity index is 1.26. The molecule has 0 spiro atoms. The predicted molar refractivity (Wildman–Crippen MR) is 137 cm³/mol. The van der Waals surface area contributed by atoms with Gasteiger partial charge in [0.25, 0.3) is 5.91 Å². The molecule has 36 heavy (non-hydrogen) atoms. The summed E-state index contributed by atoms with van der Waals surface area (Å²) in [5.74, 6) is 0.294. The third kappa shape index (κ3) is 4.06. The van der Waals surface area contributed by atoms with E-state index in [0.717, 1.165) is 46.4 Å². The van der Waals surface area contributed by atoms with Crippen molar-refractivity contribution in [3.8, 4) is 0 Å². The van der Waals surface area contributed by atoms with Crippen molar-refractivity contribution in [3.05, 3.63) is 88.1 Å². The third-order valence-electron chi connectivity index (χ3n) is 6.50. The molecule has 2 aliphatic rings. The average Bonchev–Trinajstić information content (AvgIpc) is 3.69. The molecule has 1 aliphatic carbocycles. The van der Waals surface area contributed by atoms with Crippen LogP contribution in [0.15, 0.2) is 80.6 Å². The molecule has 2 atom stereocenters. The topological polar surface area (TPSA) is 85.3 Å². The smallest absolute Gasteiger partial charge is 0.350 e. The summed E-state index contributed by atoms with van der Waals surface area (Å²) in [5.41, 5.74) is 1.87. The maximum Gasteiger partial charge on any atom is 0.350 e. The van der Waals surface area contributed by atoms with Gasteiger partial charge in [-0.3, -0.25) is 4.79 Å². The second-order valence-electron chi connectivity index (χ2n) is 8.68. The number of hydrazone groups is 1. The number of carbonyl (C=O) groups is 2. The quantitative estimate of drug-likeness (QED) is 0.273. The number of ether oxygens (including phenoxy) is 1. The third-order valence-corrected chi connectivity index (χ3v) is 8.15. The van der Waals surface area contributed by atoms with Crippen LogP contribution in [0.5, 0.6) is 0 Å². The molecule has 0 N–H and O–H groups in total. The van der Waals surface area contributed by atoms with Crippen LogP contribution in [-0.4, -0.2) is 29.2 Å². The van der Waals surface area contributed by atoms with Crippen molar-refractivity contribution >= 4 is 56.7 Å². The Morgan fingerprint density at radius 1 is 1.14 bits per heavy atom. The van der Waals surface area contributed by atoms with Crippen LogP contribution < -0.4 is 0 Å². The van der Waals surface area contributed by atoms with E-state index in [2.05, 4.69) is 0 Å². The second kappa shape index (κ2) is 9.44. The number of hydrogen-bond donors (Lipinski definition) is 0. The first-order valence-electron chi connectivity index (χ1n) is 11.6. The predicted octanol–water partition coefficient (Wildman–Crippen LogP) is 6.72. The van der Waals surface area contributed by atoms with Gasteiger partial charge < -0.3 is 13.6 Å². The first kappa shape index (κ1) is 22.8. The highest BCUT2D eigenvalue weighted by Crippen LogP contribution is 2.44. The Labute approximate surface area is 215 Å². The molecule has 0 radical (unpaired) electrons. The fraction of sp³-hybridized carbons (Fsp3) is 0.222. The number of nitrogens with zero attached hydrogens (tertiary/aromatic N) is 2. The molecule has 1 amide bonds. The van der Waals surface area contributed by atoms with Gasteiger partial charge in [-0.15, -0.1) is 11.3 Å². The highest BCUT2D eigenvalue weighted by atomic mass is 35.5. The molecule has 1 aliphatic heterocycles. The number of rotatable bonds is 5. The van der Waals surface area contributed by atoms with Gasteiger partial charge in [-0.1, -0.05) is 29.8 Å². The van der Waals surface area contributed by atoms with Crippen LogP contribution in [-0.2, 0) is 9.53 Å². The van der Waals surface area contributed by atoms with Gasteiger partial charge in [0.05, 0.1) is 23.3 Å². The number of fused-ring (bicyclic) bond motifs is 2. The van der Waals surface area contributed by atoms with Crippen molar-refractivity contribution in [2.24, 2.45) is 11.0 Å². The zero-order chi connectivity index (χ0) is 24.6. The summed E-state index contributed by atoms with van der Waals surface area (Å²) >= 11 is 7.65. The molecule has 182 valence electrons. The highest BCUT2D eigenvalue weighted by Gasteiger charge is 2.45. The summed E-state index contributed by atoms with van der Waals surface area (Å²) in [5, 5.41) is 7.25. The summed E-state index contributed by atoms with van der Waals surface area (Å²) < 4.78 is 17.5. The van der Waals surface area contributed by atoms with E-state index in [4.69, 9.17) is 30.3 Å². The monoisotopic (exact) mass is 520 g/mol. The number of hydrogen-bond acceptors (Lipinski definition) is 7. The maximum absolute atomic E-state index is 13.3. The first-order valence-corrected chi connectivity index (χ1v) is 12.8.